The van der Waals surface area contributed by atoms with Gasteiger partial charge in [0.2, 0.25) is 5.76 Å². The summed E-state index contributed by atoms with van der Waals surface area (Å²) in [6, 6.07) is 9.85. The Labute approximate surface area is 89.3 Å². The van der Waals surface area contributed by atoms with Crippen LogP contribution in [0.4, 0.5) is 5.69 Å². The van der Waals surface area contributed by atoms with E-state index in [1.807, 2.05) is 30.3 Å². The number of nitrogens with zero attached hydrogens (tertiary/aromatic N) is 1. The van der Waals surface area contributed by atoms with Crippen molar-refractivity contribution in [1.82, 2.24) is 0 Å². The highest BCUT2D eigenvalue weighted by molar-refractivity contribution is 7.26. The number of fused-ring (bicyclic) bond motifs is 3. The van der Waals surface area contributed by atoms with Crippen LogP contribution in [-0.4, -0.2) is 0 Å². The van der Waals surface area contributed by atoms with Crippen molar-refractivity contribution in [2.24, 2.45) is 0 Å². The van der Waals surface area contributed by atoms with E-state index in [0.29, 0.717) is 5.69 Å². The summed E-state index contributed by atoms with van der Waals surface area (Å²) < 4.78 is 7.42. The fourth-order valence-electron chi connectivity index (χ4n) is 1.64. The van der Waals surface area contributed by atoms with Crippen molar-refractivity contribution in [3.8, 4) is 6.07 Å². The minimum atomic E-state index is 0.210. The van der Waals surface area contributed by atoms with E-state index >= 15 is 0 Å². The van der Waals surface area contributed by atoms with Gasteiger partial charge in [-0.1, -0.05) is 12.1 Å². The predicted octanol–water partition coefficient (Wildman–Crippen LogP) is 3.10. The Morgan fingerprint density at radius 3 is 2.93 bits per heavy atom. The van der Waals surface area contributed by atoms with Crippen molar-refractivity contribution in [2.45, 2.75) is 0 Å². The van der Waals surface area contributed by atoms with E-state index in [1.165, 1.54) is 0 Å². The molecule has 0 radical (unpaired) electrons. The summed E-state index contributed by atoms with van der Waals surface area (Å²) in [4.78, 5) is 0. The van der Waals surface area contributed by atoms with Gasteiger partial charge in [0.25, 0.3) is 0 Å². The Bertz CT molecular complexity index is 702. The summed E-state index contributed by atoms with van der Waals surface area (Å²) in [5.41, 5.74) is 6.99. The molecule has 0 atom stereocenters. The zero-order chi connectivity index (χ0) is 10.4. The average molecular weight is 214 g/mol. The first kappa shape index (κ1) is 8.33. The number of hydrogen-bond acceptors (Lipinski definition) is 4. The van der Waals surface area contributed by atoms with Gasteiger partial charge in [0.15, 0.2) is 5.58 Å². The van der Waals surface area contributed by atoms with Crippen molar-refractivity contribution in [2.75, 3.05) is 5.73 Å². The van der Waals surface area contributed by atoms with Gasteiger partial charge in [-0.3, -0.25) is 0 Å². The first-order valence-corrected chi connectivity index (χ1v) is 5.22. The third-order valence-electron chi connectivity index (χ3n) is 2.34. The molecule has 0 unspecified atom stereocenters. The van der Waals surface area contributed by atoms with E-state index in [-0.39, 0.29) is 5.76 Å². The van der Waals surface area contributed by atoms with E-state index < -0.39 is 0 Å². The minimum Gasteiger partial charge on any atom is -0.442 e. The highest BCUT2D eigenvalue weighted by Gasteiger charge is 2.15. The topological polar surface area (TPSA) is 63.0 Å². The predicted molar refractivity (Wildman–Crippen MR) is 60.7 cm³/mol. The summed E-state index contributed by atoms with van der Waals surface area (Å²) in [5.74, 6) is 0.210. The lowest BCUT2D eigenvalue weighted by molar-refractivity contribution is 0.604. The van der Waals surface area contributed by atoms with Crippen LogP contribution in [0, 0.1) is 11.3 Å². The van der Waals surface area contributed by atoms with Crippen molar-refractivity contribution < 1.29 is 4.42 Å². The van der Waals surface area contributed by atoms with Crippen LogP contribution in [0.25, 0.3) is 20.4 Å². The normalized spacial score (nSPS) is 10.9. The second-order valence-electron chi connectivity index (χ2n) is 3.21. The number of furan rings is 1. The van der Waals surface area contributed by atoms with Gasteiger partial charge in [-0.05, 0) is 12.1 Å². The third-order valence-corrected chi connectivity index (χ3v) is 3.53. The fourth-order valence-corrected chi connectivity index (χ4v) is 2.73. The quantitative estimate of drug-likeness (QED) is 0.625. The van der Waals surface area contributed by atoms with Crippen LogP contribution in [0.2, 0.25) is 0 Å². The molecule has 0 saturated heterocycles. The molecule has 4 heteroatoms. The number of hydrogen-bond donors (Lipinski definition) is 1. The number of benzene rings is 1. The SMILES string of the molecule is N#Cc1oc2c(sc3ccccc32)c1N. The van der Waals surface area contributed by atoms with Crippen molar-refractivity contribution in [3.05, 3.63) is 30.0 Å². The summed E-state index contributed by atoms with van der Waals surface area (Å²) in [5, 5.41) is 9.81. The maximum absolute atomic E-state index is 8.79. The molecule has 2 N–H and O–H groups in total. The molecule has 0 aliphatic rings. The molecule has 0 fully saturated rings. The molecule has 0 spiro atoms. The standard InChI is InChI=1S/C11H6N2OS/c12-5-7-9(13)11-10(14-7)6-3-1-2-4-8(6)15-11/h1-4H,13H2. The van der Waals surface area contributed by atoms with Crippen LogP contribution in [0.3, 0.4) is 0 Å². The molecule has 0 amide bonds. The third kappa shape index (κ3) is 0.982. The molecular weight excluding hydrogens is 208 g/mol. The summed E-state index contributed by atoms with van der Waals surface area (Å²) in [7, 11) is 0. The number of thiophene rings is 1. The maximum Gasteiger partial charge on any atom is 0.228 e. The highest BCUT2D eigenvalue weighted by Crippen LogP contribution is 2.40. The first-order chi connectivity index (χ1) is 7.31. The highest BCUT2D eigenvalue weighted by atomic mass is 32.1. The summed E-state index contributed by atoms with van der Waals surface area (Å²) in [6.45, 7) is 0. The van der Waals surface area contributed by atoms with Crippen molar-refractivity contribution in [3.63, 3.8) is 0 Å². The lowest BCUT2D eigenvalue weighted by Gasteiger charge is -1.86. The average Bonchev–Trinajstić information content (AvgIpc) is 2.76. The van der Waals surface area contributed by atoms with E-state index in [4.69, 9.17) is 15.4 Å². The van der Waals surface area contributed by atoms with Crippen molar-refractivity contribution >= 4 is 37.4 Å². The molecule has 0 saturated carbocycles. The molecule has 0 bridgehead atoms. The molecule has 2 heterocycles. The summed E-state index contributed by atoms with van der Waals surface area (Å²) in [6.07, 6.45) is 0. The Hall–Kier alpha value is -1.99. The van der Waals surface area contributed by atoms with Gasteiger partial charge >= 0.3 is 0 Å². The smallest absolute Gasteiger partial charge is 0.228 e. The largest absolute Gasteiger partial charge is 0.442 e. The molecular formula is C11H6N2OS. The lowest BCUT2D eigenvalue weighted by atomic mass is 10.2. The molecule has 2 aromatic heterocycles. The number of anilines is 1. The van der Waals surface area contributed by atoms with Gasteiger partial charge in [-0.15, -0.1) is 11.3 Å². The maximum atomic E-state index is 8.79. The monoisotopic (exact) mass is 214 g/mol. The first-order valence-electron chi connectivity index (χ1n) is 4.41. The van der Waals surface area contributed by atoms with E-state index in [2.05, 4.69) is 0 Å². The summed E-state index contributed by atoms with van der Waals surface area (Å²) >= 11 is 1.55. The molecule has 1 aromatic carbocycles. The zero-order valence-electron chi connectivity index (χ0n) is 7.65. The minimum absolute atomic E-state index is 0.210. The van der Waals surface area contributed by atoms with E-state index in [1.54, 1.807) is 11.3 Å². The fraction of sp³-hybridized carbons (Fsp3) is 0. The van der Waals surface area contributed by atoms with E-state index in [9.17, 15) is 0 Å². The number of nitrogen functional groups attached to an aromatic ring is 1. The number of nitriles is 1. The Balaban J connectivity index is 2.56. The second-order valence-corrected chi connectivity index (χ2v) is 4.27. The number of rotatable bonds is 0. The van der Waals surface area contributed by atoms with Crippen LogP contribution in [-0.2, 0) is 0 Å². The molecule has 3 aromatic rings. The van der Waals surface area contributed by atoms with Crippen LogP contribution >= 0.6 is 11.3 Å². The van der Waals surface area contributed by atoms with Gasteiger partial charge in [-0.2, -0.15) is 5.26 Å². The van der Waals surface area contributed by atoms with Crippen LogP contribution in [0.15, 0.2) is 28.7 Å². The Kier molecular flexibility index (Phi) is 1.53. The lowest BCUT2D eigenvalue weighted by Crippen LogP contribution is -1.82. The Morgan fingerprint density at radius 1 is 1.33 bits per heavy atom. The van der Waals surface area contributed by atoms with Crippen LogP contribution in [0.5, 0.6) is 0 Å². The number of nitrogens with two attached hydrogens (primary N) is 1. The Morgan fingerprint density at radius 2 is 2.13 bits per heavy atom. The molecule has 15 heavy (non-hydrogen) atoms. The van der Waals surface area contributed by atoms with Crippen LogP contribution < -0.4 is 5.73 Å². The van der Waals surface area contributed by atoms with Gasteiger partial charge in [0, 0.05) is 10.1 Å². The van der Waals surface area contributed by atoms with Gasteiger partial charge < -0.3 is 10.2 Å². The zero-order valence-corrected chi connectivity index (χ0v) is 8.47. The molecule has 3 rings (SSSR count). The van der Waals surface area contributed by atoms with Crippen LogP contribution in [0.1, 0.15) is 5.76 Å². The van der Waals surface area contributed by atoms with E-state index in [0.717, 1.165) is 20.4 Å². The van der Waals surface area contributed by atoms with Gasteiger partial charge in [0.05, 0.1) is 4.70 Å². The van der Waals surface area contributed by atoms with Gasteiger partial charge in [0.1, 0.15) is 11.8 Å². The molecule has 3 nitrogen and oxygen atoms in total. The molecule has 0 aliphatic carbocycles. The second kappa shape index (κ2) is 2.75. The van der Waals surface area contributed by atoms with Gasteiger partial charge in [-0.25, -0.2) is 0 Å². The molecule has 72 valence electrons. The van der Waals surface area contributed by atoms with Crippen molar-refractivity contribution in [1.29, 1.82) is 5.26 Å². The molecule has 0 aliphatic heterocycles.